The number of nitrogens with zero attached hydrogens (tertiary/aromatic N) is 2. The smallest absolute Gasteiger partial charge is 0.338 e. The number of carbonyl (C=O) groups excluding carboxylic acids is 2. The normalized spacial score (nSPS) is 18.2. The number of nitro benzene ring substituents is 1. The highest BCUT2D eigenvalue weighted by Gasteiger charge is 2.39. The van der Waals surface area contributed by atoms with E-state index in [1.807, 2.05) is 6.92 Å². The fourth-order valence-electron chi connectivity index (χ4n) is 3.06. The van der Waals surface area contributed by atoms with Crippen molar-refractivity contribution in [2.75, 3.05) is 20.4 Å². The van der Waals surface area contributed by atoms with E-state index in [0.29, 0.717) is 17.9 Å². The van der Waals surface area contributed by atoms with E-state index in [-0.39, 0.29) is 36.0 Å². The van der Waals surface area contributed by atoms with Crippen LogP contribution in [0.25, 0.3) is 0 Å². The van der Waals surface area contributed by atoms with Crippen LogP contribution in [0.15, 0.2) is 23.4 Å². The van der Waals surface area contributed by atoms with Crippen LogP contribution in [0.2, 0.25) is 0 Å². The minimum atomic E-state index is -1.05. The molecule has 10 nitrogen and oxygen atoms in total. The Bertz CT molecular complexity index is 865. The molecule has 0 radical (unpaired) electrons. The molecule has 2 heterocycles. The van der Waals surface area contributed by atoms with Crippen LogP contribution in [0.3, 0.4) is 0 Å². The Morgan fingerprint density at radius 3 is 2.71 bits per heavy atom. The molecular weight excluding hydrogens is 370 g/mol. The van der Waals surface area contributed by atoms with E-state index < -0.39 is 23.0 Å². The van der Waals surface area contributed by atoms with E-state index in [4.69, 9.17) is 14.2 Å². The molecule has 0 fully saturated rings. The van der Waals surface area contributed by atoms with Gasteiger partial charge in [0.1, 0.15) is 0 Å². The molecule has 0 saturated heterocycles. The van der Waals surface area contributed by atoms with Crippen molar-refractivity contribution in [3.05, 3.63) is 39.1 Å². The van der Waals surface area contributed by atoms with Crippen molar-refractivity contribution in [1.82, 2.24) is 10.2 Å². The Morgan fingerprint density at radius 1 is 1.39 bits per heavy atom. The van der Waals surface area contributed by atoms with Gasteiger partial charge in [-0.3, -0.25) is 10.1 Å². The number of esters is 1. The molecule has 0 aromatic heterocycles. The van der Waals surface area contributed by atoms with Crippen molar-refractivity contribution < 1.29 is 28.7 Å². The summed E-state index contributed by atoms with van der Waals surface area (Å²) in [4.78, 5) is 37.4. The minimum Gasteiger partial charge on any atom is -0.462 e. The van der Waals surface area contributed by atoms with Crippen molar-refractivity contribution >= 4 is 17.7 Å². The van der Waals surface area contributed by atoms with Crippen LogP contribution >= 0.6 is 0 Å². The summed E-state index contributed by atoms with van der Waals surface area (Å²) in [6.07, 6.45) is 1.54. The maximum Gasteiger partial charge on any atom is 0.338 e. The number of unbranched alkanes of at least 4 members (excludes halogenated alkanes) is 1. The highest BCUT2D eigenvalue weighted by atomic mass is 16.7. The molecule has 1 N–H and O–H groups in total. The zero-order chi connectivity index (χ0) is 20.4. The number of nitro groups is 1. The number of fused-ring (bicyclic) bond motifs is 1. The molecule has 2 aliphatic heterocycles. The van der Waals surface area contributed by atoms with Crippen molar-refractivity contribution in [3.8, 4) is 11.5 Å². The SMILES string of the molecule is CCCCOC(=O)C1=C(C)N(C)C(=O)N[C@H]1c1cc2c(cc1[N+](=O)[O-])OCO2. The number of hydrogen-bond acceptors (Lipinski definition) is 7. The number of carbonyl (C=O) groups is 2. The predicted octanol–water partition coefficient (Wildman–Crippen LogP) is 2.64. The molecule has 0 spiro atoms. The Kier molecular flexibility index (Phi) is 5.39. The molecule has 2 aliphatic rings. The molecule has 10 heteroatoms. The molecule has 1 aromatic rings. The first-order valence-electron chi connectivity index (χ1n) is 8.85. The van der Waals surface area contributed by atoms with Gasteiger partial charge in [-0.15, -0.1) is 0 Å². The topological polar surface area (TPSA) is 120 Å². The lowest BCUT2D eigenvalue weighted by atomic mass is 9.93. The molecule has 28 heavy (non-hydrogen) atoms. The molecule has 3 rings (SSSR count). The molecule has 0 saturated carbocycles. The van der Waals surface area contributed by atoms with Crippen LogP contribution in [0.1, 0.15) is 38.3 Å². The van der Waals surface area contributed by atoms with Gasteiger partial charge in [-0.05, 0) is 19.4 Å². The van der Waals surface area contributed by atoms with Gasteiger partial charge in [0.25, 0.3) is 5.69 Å². The Morgan fingerprint density at radius 2 is 2.07 bits per heavy atom. The highest BCUT2D eigenvalue weighted by molar-refractivity contribution is 5.95. The second kappa shape index (κ2) is 7.75. The Balaban J connectivity index is 2.09. The Hall–Kier alpha value is -3.30. The number of amides is 2. The van der Waals surface area contributed by atoms with Gasteiger partial charge in [0.2, 0.25) is 6.79 Å². The van der Waals surface area contributed by atoms with Crippen molar-refractivity contribution in [2.24, 2.45) is 0 Å². The standard InChI is InChI=1S/C18H21N3O7/c1-4-5-6-26-17(22)15-10(2)20(3)18(23)19-16(15)11-7-13-14(28-9-27-13)8-12(11)21(24)25/h7-8,16H,4-6,9H2,1-3H3,(H,19,23)/t16-/m0/s1. The van der Waals surface area contributed by atoms with Gasteiger partial charge in [0.05, 0.1) is 34.8 Å². The average molecular weight is 391 g/mol. The summed E-state index contributed by atoms with van der Waals surface area (Å²) in [6, 6.07) is 1.12. The van der Waals surface area contributed by atoms with Gasteiger partial charge in [-0.25, -0.2) is 9.59 Å². The van der Waals surface area contributed by atoms with Gasteiger partial charge in [-0.2, -0.15) is 0 Å². The molecule has 1 atom stereocenters. The number of hydrogen-bond donors (Lipinski definition) is 1. The first-order valence-corrected chi connectivity index (χ1v) is 8.85. The number of allylic oxidation sites excluding steroid dienone is 1. The molecule has 0 unspecified atom stereocenters. The second-order valence-electron chi connectivity index (χ2n) is 6.45. The summed E-state index contributed by atoms with van der Waals surface area (Å²) in [5.74, 6) is -0.0811. The first-order chi connectivity index (χ1) is 13.3. The van der Waals surface area contributed by atoms with E-state index >= 15 is 0 Å². The van der Waals surface area contributed by atoms with Crippen molar-refractivity contribution in [2.45, 2.75) is 32.7 Å². The molecular formula is C18H21N3O7. The first kappa shape index (κ1) is 19.5. The maximum atomic E-state index is 12.8. The Labute approximate surface area is 161 Å². The summed E-state index contributed by atoms with van der Waals surface area (Å²) < 4.78 is 15.8. The van der Waals surface area contributed by atoms with E-state index in [1.165, 1.54) is 24.1 Å². The molecule has 1 aromatic carbocycles. The second-order valence-corrected chi connectivity index (χ2v) is 6.45. The van der Waals surface area contributed by atoms with E-state index in [9.17, 15) is 19.7 Å². The van der Waals surface area contributed by atoms with Crippen LogP contribution < -0.4 is 14.8 Å². The number of ether oxygens (including phenoxy) is 3. The van der Waals surface area contributed by atoms with Crippen LogP contribution in [0.4, 0.5) is 10.5 Å². The van der Waals surface area contributed by atoms with Crippen LogP contribution in [-0.2, 0) is 9.53 Å². The quantitative estimate of drug-likeness (QED) is 0.342. The van der Waals surface area contributed by atoms with Gasteiger partial charge < -0.3 is 24.4 Å². The van der Waals surface area contributed by atoms with Crippen LogP contribution in [-0.4, -0.2) is 42.3 Å². The monoisotopic (exact) mass is 391 g/mol. The predicted molar refractivity (Wildman–Crippen MR) is 96.8 cm³/mol. The summed E-state index contributed by atoms with van der Waals surface area (Å²) in [7, 11) is 1.51. The number of benzene rings is 1. The molecule has 2 amide bonds. The third-order valence-corrected chi connectivity index (χ3v) is 4.73. The van der Waals surface area contributed by atoms with Crippen LogP contribution in [0.5, 0.6) is 11.5 Å². The lowest BCUT2D eigenvalue weighted by molar-refractivity contribution is -0.385. The van der Waals surface area contributed by atoms with E-state index in [1.54, 1.807) is 6.92 Å². The molecule has 150 valence electrons. The minimum absolute atomic E-state index is 0.0590. The third kappa shape index (κ3) is 3.45. The summed E-state index contributed by atoms with van der Waals surface area (Å²) in [5, 5.41) is 14.3. The zero-order valence-electron chi connectivity index (χ0n) is 15.8. The zero-order valence-corrected chi connectivity index (χ0v) is 15.8. The van der Waals surface area contributed by atoms with Gasteiger partial charge in [-0.1, -0.05) is 13.3 Å². The third-order valence-electron chi connectivity index (χ3n) is 4.73. The highest BCUT2D eigenvalue weighted by Crippen LogP contribution is 2.43. The van der Waals surface area contributed by atoms with Gasteiger partial charge in [0.15, 0.2) is 11.5 Å². The van der Waals surface area contributed by atoms with Crippen LogP contribution in [0, 0.1) is 10.1 Å². The lowest BCUT2D eigenvalue weighted by Crippen LogP contribution is -2.46. The van der Waals surface area contributed by atoms with Gasteiger partial charge in [0, 0.05) is 12.7 Å². The number of nitrogens with one attached hydrogen (secondary N) is 1. The molecule has 0 aliphatic carbocycles. The lowest BCUT2D eigenvalue weighted by Gasteiger charge is -2.33. The van der Waals surface area contributed by atoms with Crippen molar-refractivity contribution in [1.29, 1.82) is 0 Å². The summed E-state index contributed by atoms with van der Waals surface area (Å²) in [6.45, 7) is 3.73. The number of rotatable bonds is 6. The van der Waals surface area contributed by atoms with Crippen molar-refractivity contribution in [3.63, 3.8) is 0 Å². The summed E-state index contributed by atoms with van der Waals surface area (Å²) >= 11 is 0. The average Bonchev–Trinajstić information content (AvgIpc) is 3.12. The maximum absolute atomic E-state index is 12.8. The fourth-order valence-corrected chi connectivity index (χ4v) is 3.06. The van der Waals surface area contributed by atoms with E-state index in [0.717, 1.165) is 6.42 Å². The van der Waals surface area contributed by atoms with E-state index in [2.05, 4.69) is 5.32 Å². The largest absolute Gasteiger partial charge is 0.462 e. The van der Waals surface area contributed by atoms with Gasteiger partial charge >= 0.3 is 12.0 Å². The number of urea groups is 1. The fraction of sp³-hybridized carbons (Fsp3) is 0.444. The summed E-state index contributed by atoms with van der Waals surface area (Å²) in [5.41, 5.74) is 0.339. The molecule has 0 bridgehead atoms.